The third-order valence-electron chi connectivity index (χ3n) is 2.02. The van der Waals surface area contributed by atoms with E-state index in [1.165, 1.54) is 12.8 Å². The first-order chi connectivity index (χ1) is 4.83. The SMILES string of the molecule is CCOCC1(COC)CC1. The number of ether oxygens (including phenoxy) is 2. The molecular weight excluding hydrogens is 128 g/mol. The molecule has 0 bridgehead atoms. The summed E-state index contributed by atoms with van der Waals surface area (Å²) in [4.78, 5) is 0. The lowest BCUT2D eigenvalue weighted by molar-refractivity contribution is 0.0512. The van der Waals surface area contributed by atoms with E-state index in [4.69, 9.17) is 9.47 Å². The van der Waals surface area contributed by atoms with Gasteiger partial charge in [-0.15, -0.1) is 0 Å². The van der Waals surface area contributed by atoms with Crippen LogP contribution in [0.4, 0.5) is 0 Å². The van der Waals surface area contributed by atoms with Crippen LogP contribution < -0.4 is 0 Å². The van der Waals surface area contributed by atoms with E-state index in [2.05, 4.69) is 0 Å². The summed E-state index contributed by atoms with van der Waals surface area (Å²) in [6.07, 6.45) is 2.56. The maximum Gasteiger partial charge on any atom is 0.0544 e. The molecule has 0 saturated heterocycles. The Morgan fingerprint density at radius 1 is 1.30 bits per heavy atom. The zero-order valence-electron chi connectivity index (χ0n) is 6.85. The summed E-state index contributed by atoms with van der Waals surface area (Å²) in [6, 6.07) is 0. The minimum atomic E-state index is 0.408. The van der Waals surface area contributed by atoms with Gasteiger partial charge in [-0.1, -0.05) is 0 Å². The van der Waals surface area contributed by atoms with Crippen LogP contribution in [0.5, 0.6) is 0 Å². The molecular formula is C8H16O2. The smallest absolute Gasteiger partial charge is 0.0544 e. The minimum absolute atomic E-state index is 0.408. The van der Waals surface area contributed by atoms with Gasteiger partial charge in [-0.05, 0) is 19.8 Å². The number of hydrogen-bond acceptors (Lipinski definition) is 2. The van der Waals surface area contributed by atoms with Crippen LogP contribution in [0.15, 0.2) is 0 Å². The van der Waals surface area contributed by atoms with Gasteiger partial charge in [0.15, 0.2) is 0 Å². The zero-order valence-corrected chi connectivity index (χ0v) is 6.85. The standard InChI is InChI=1S/C8H16O2/c1-3-10-7-8(4-5-8)6-9-2/h3-7H2,1-2H3. The summed E-state index contributed by atoms with van der Waals surface area (Å²) >= 11 is 0. The summed E-state index contributed by atoms with van der Waals surface area (Å²) < 4.78 is 10.4. The third-order valence-corrected chi connectivity index (χ3v) is 2.02. The van der Waals surface area contributed by atoms with Gasteiger partial charge in [0.05, 0.1) is 13.2 Å². The molecule has 10 heavy (non-hydrogen) atoms. The highest BCUT2D eigenvalue weighted by Gasteiger charge is 2.42. The molecule has 2 heteroatoms. The van der Waals surface area contributed by atoms with Crippen LogP contribution in [0.2, 0.25) is 0 Å². The van der Waals surface area contributed by atoms with E-state index in [0.29, 0.717) is 5.41 Å². The van der Waals surface area contributed by atoms with Crippen LogP contribution in [0.3, 0.4) is 0 Å². The average molecular weight is 144 g/mol. The molecule has 0 unspecified atom stereocenters. The molecule has 0 atom stereocenters. The van der Waals surface area contributed by atoms with E-state index in [-0.39, 0.29) is 0 Å². The second-order valence-electron chi connectivity index (χ2n) is 3.07. The first-order valence-corrected chi connectivity index (χ1v) is 3.90. The van der Waals surface area contributed by atoms with Crippen molar-refractivity contribution in [3.8, 4) is 0 Å². The van der Waals surface area contributed by atoms with Gasteiger partial charge >= 0.3 is 0 Å². The van der Waals surface area contributed by atoms with Crippen LogP contribution >= 0.6 is 0 Å². The van der Waals surface area contributed by atoms with Gasteiger partial charge in [0.1, 0.15) is 0 Å². The molecule has 0 radical (unpaired) electrons. The first-order valence-electron chi connectivity index (χ1n) is 3.90. The Kier molecular flexibility index (Phi) is 2.69. The highest BCUT2D eigenvalue weighted by Crippen LogP contribution is 2.45. The van der Waals surface area contributed by atoms with Gasteiger partial charge in [0.2, 0.25) is 0 Å². The molecule has 0 aromatic heterocycles. The quantitative estimate of drug-likeness (QED) is 0.581. The third kappa shape index (κ3) is 1.96. The molecule has 0 aromatic carbocycles. The van der Waals surface area contributed by atoms with Crippen LogP contribution in [-0.2, 0) is 9.47 Å². The van der Waals surface area contributed by atoms with E-state index in [0.717, 1.165) is 19.8 Å². The summed E-state index contributed by atoms with van der Waals surface area (Å²) in [5, 5.41) is 0. The second kappa shape index (κ2) is 3.35. The molecule has 60 valence electrons. The van der Waals surface area contributed by atoms with Crippen molar-refractivity contribution in [1.29, 1.82) is 0 Å². The van der Waals surface area contributed by atoms with Crippen molar-refractivity contribution in [2.45, 2.75) is 19.8 Å². The Morgan fingerprint density at radius 2 is 2.00 bits per heavy atom. The van der Waals surface area contributed by atoms with E-state index < -0.39 is 0 Å². The fraction of sp³-hybridized carbons (Fsp3) is 1.00. The predicted molar refractivity (Wildman–Crippen MR) is 40.0 cm³/mol. The van der Waals surface area contributed by atoms with E-state index in [9.17, 15) is 0 Å². The summed E-state index contributed by atoms with van der Waals surface area (Å²) in [6.45, 7) is 4.61. The van der Waals surface area contributed by atoms with Gasteiger partial charge in [0, 0.05) is 19.1 Å². The Balaban J connectivity index is 2.11. The van der Waals surface area contributed by atoms with Crippen LogP contribution in [0, 0.1) is 5.41 Å². The largest absolute Gasteiger partial charge is 0.384 e. The molecule has 1 fully saturated rings. The molecule has 1 saturated carbocycles. The molecule has 1 rings (SSSR count). The number of methoxy groups -OCH3 is 1. The van der Waals surface area contributed by atoms with E-state index in [1.807, 2.05) is 6.92 Å². The van der Waals surface area contributed by atoms with Crippen molar-refractivity contribution in [2.75, 3.05) is 26.9 Å². The molecule has 0 amide bonds. The van der Waals surface area contributed by atoms with Gasteiger partial charge in [-0.25, -0.2) is 0 Å². The average Bonchev–Trinajstić information content (AvgIpc) is 2.67. The van der Waals surface area contributed by atoms with Gasteiger partial charge in [-0.3, -0.25) is 0 Å². The lowest BCUT2D eigenvalue weighted by Gasteiger charge is -2.12. The van der Waals surface area contributed by atoms with Crippen LogP contribution in [0.25, 0.3) is 0 Å². The number of rotatable bonds is 5. The topological polar surface area (TPSA) is 18.5 Å². The molecule has 1 aliphatic rings. The molecule has 0 spiro atoms. The van der Waals surface area contributed by atoms with E-state index in [1.54, 1.807) is 7.11 Å². The van der Waals surface area contributed by atoms with Gasteiger partial charge in [0.25, 0.3) is 0 Å². The Hall–Kier alpha value is -0.0800. The van der Waals surface area contributed by atoms with E-state index >= 15 is 0 Å². The maximum absolute atomic E-state index is 5.33. The predicted octanol–water partition coefficient (Wildman–Crippen LogP) is 1.45. The van der Waals surface area contributed by atoms with Gasteiger partial charge in [-0.2, -0.15) is 0 Å². The molecule has 1 aliphatic carbocycles. The van der Waals surface area contributed by atoms with Crippen molar-refractivity contribution in [2.24, 2.45) is 5.41 Å². The highest BCUT2D eigenvalue weighted by molar-refractivity contribution is 4.92. The van der Waals surface area contributed by atoms with Crippen molar-refractivity contribution >= 4 is 0 Å². The monoisotopic (exact) mass is 144 g/mol. The van der Waals surface area contributed by atoms with Crippen LogP contribution in [-0.4, -0.2) is 26.9 Å². The first kappa shape index (κ1) is 8.02. The molecule has 0 N–H and O–H groups in total. The van der Waals surface area contributed by atoms with Gasteiger partial charge < -0.3 is 9.47 Å². The summed E-state index contributed by atoms with van der Waals surface area (Å²) in [5.41, 5.74) is 0.408. The molecule has 0 aliphatic heterocycles. The fourth-order valence-corrected chi connectivity index (χ4v) is 1.13. The Labute approximate surface area is 62.5 Å². The summed E-state index contributed by atoms with van der Waals surface area (Å²) in [5.74, 6) is 0. The fourth-order valence-electron chi connectivity index (χ4n) is 1.13. The lowest BCUT2D eigenvalue weighted by atomic mass is 10.1. The normalized spacial score (nSPS) is 21.0. The molecule has 0 aromatic rings. The molecule has 0 heterocycles. The van der Waals surface area contributed by atoms with Crippen LogP contribution in [0.1, 0.15) is 19.8 Å². The van der Waals surface area contributed by atoms with Crippen molar-refractivity contribution in [1.82, 2.24) is 0 Å². The summed E-state index contributed by atoms with van der Waals surface area (Å²) in [7, 11) is 1.76. The van der Waals surface area contributed by atoms with Crippen molar-refractivity contribution < 1.29 is 9.47 Å². The second-order valence-corrected chi connectivity index (χ2v) is 3.07. The lowest BCUT2D eigenvalue weighted by Crippen LogP contribution is -2.16. The van der Waals surface area contributed by atoms with Crippen molar-refractivity contribution in [3.05, 3.63) is 0 Å². The zero-order chi connectivity index (χ0) is 7.45. The van der Waals surface area contributed by atoms with Crippen molar-refractivity contribution in [3.63, 3.8) is 0 Å². The maximum atomic E-state index is 5.33. The minimum Gasteiger partial charge on any atom is -0.384 e. The Bertz CT molecular complexity index is 97.4. The Morgan fingerprint density at radius 3 is 2.40 bits per heavy atom. The number of hydrogen-bond donors (Lipinski definition) is 0. The molecule has 2 nitrogen and oxygen atoms in total. The highest BCUT2D eigenvalue weighted by atomic mass is 16.5.